The molecule has 1 N–H and O–H groups in total. The van der Waals surface area contributed by atoms with Crippen LogP contribution in [0.4, 0.5) is 0 Å². The van der Waals surface area contributed by atoms with E-state index in [0.717, 1.165) is 39.2 Å². The minimum atomic E-state index is -0.235. The van der Waals surface area contributed by atoms with Crippen LogP contribution in [-0.2, 0) is 0 Å². The molecule has 0 saturated carbocycles. The van der Waals surface area contributed by atoms with Gasteiger partial charge in [-0.25, -0.2) is 10.4 Å². The fourth-order valence-electron chi connectivity index (χ4n) is 3.34. The average molecular weight is 414 g/mol. The molecular weight excluding hydrogens is 390 g/mol. The first-order chi connectivity index (χ1) is 14.6. The number of aromatic nitrogens is 1. The number of amides is 1. The molecular formula is C25H23N3OS. The number of rotatable bonds is 5. The minimum absolute atomic E-state index is 0.235. The molecule has 5 heteroatoms. The molecule has 0 radical (unpaired) electrons. The first-order valence-corrected chi connectivity index (χ1v) is 10.8. The summed E-state index contributed by atoms with van der Waals surface area (Å²) in [5, 5.41) is 7.22. The molecule has 4 aromatic rings. The number of nitrogens with one attached hydrogen (secondary N) is 1. The van der Waals surface area contributed by atoms with Crippen LogP contribution in [0.3, 0.4) is 0 Å². The van der Waals surface area contributed by atoms with Gasteiger partial charge in [0.25, 0.3) is 5.91 Å². The highest BCUT2D eigenvalue weighted by molar-refractivity contribution is 7.12. The SMILES string of the molecule is CCC(=NNC(=O)c1cc(-c2ccc(C)c(C)c2)nc2ccccc12)c1cccs1. The first kappa shape index (κ1) is 20.0. The topological polar surface area (TPSA) is 54.4 Å². The number of carbonyl (C=O) groups excluding carboxylic acids is 1. The fraction of sp³-hybridized carbons (Fsp3) is 0.160. The summed E-state index contributed by atoms with van der Waals surface area (Å²) in [6.45, 7) is 6.20. The molecule has 0 fully saturated rings. The number of hydrazone groups is 1. The molecule has 2 aromatic carbocycles. The highest BCUT2D eigenvalue weighted by Gasteiger charge is 2.14. The third-order valence-corrected chi connectivity index (χ3v) is 6.12. The van der Waals surface area contributed by atoms with Gasteiger partial charge in [0, 0.05) is 10.9 Å². The second-order valence-corrected chi connectivity index (χ2v) is 8.15. The average Bonchev–Trinajstić information content (AvgIpc) is 3.30. The van der Waals surface area contributed by atoms with Crippen LogP contribution in [0.25, 0.3) is 22.2 Å². The lowest BCUT2D eigenvalue weighted by atomic mass is 10.0. The van der Waals surface area contributed by atoms with Crippen molar-refractivity contribution in [3.8, 4) is 11.3 Å². The predicted octanol–water partition coefficient (Wildman–Crippen LogP) is 6.12. The largest absolute Gasteiger partial charge is 0.272 e. The maximum absolute atomic E-state index is 13.1. The molecule has 0 aliphatic heterocycles. The van der Waals surface area contributed by atoms with Gasteiger partial charge in [0.2, 0.25) is 0 Å². The van der Waals surface area contributed by atoms with Crippen LogP contribution < -0.4 is 5.43 Å². The molecule has 0 unspecified atom stereocenters. The number of thiophene rings is 1. The maximum Gasteiger partial charge on any atom is 0.272 e. The van der Waals surface area contributed by atoms with Crippen molar-refractivity contribution < 1.29 is 4.79 Å². The van der Waals surface area contributed by atoms with Crippen LogP contribution in [0.5, 0.6) is 0 Å². The Kier molecular flexibility index (Phi) is 5.72. The monoisotopic (exact) mass is 413 g/mol. The first-order valence-electron chi connectivity index (χ1n) is 9.95. The van der Waals surface area contributed by atoms with Gasteiger partial charge < -0.3 is 0 Å². The van der Waals surface area contributed by atoms with Crippen molar-refractivity contribution in [1.82, 2.24) is 10.4 Å². The van der Waals surface area contributed by atoms with Crippen molar-refractivity contribution in [3.05, 3.63) is 87.6 Å². The van der Waals surface area contributed by atoms with E-state index in [1.165, 1.54) is 11.1 Å². The summed E-state index contributed by atoms with van der Waals surface area (Å²) in [6, 6.07) is 19.8. The Balaban J connectivity index is 1.75. The molecule has 2 heterocycles. The molecule has 0 aliphatic carbocycles. The third-order valence-electron chi connectivity index (χ3n) is 5.20. The standard InChI is InChI=1S/C25H23N3OS/c1-4-21(24-10-7-13-30-24)27-28-25(29)20-15-23(18-12-11-16(2)17(3)14-18)26-22-9-6-5-8-19(20)22/h5-15H,4H2,1-3H3,(H,28,29). The van der Waals surface area contributed by atoms with Gasteiger partial charge in [-0.3, -0.25) is 4.79 Å². The van der Waals surface area contributed by atoms with Crippen LogP contribution in [0.1, 0.15) is 39.7 Å². The van der Waals surface area contributed by atoms with Crippen molar-refractivity contribution in [2.45, 2.75) is 27.2 Å². The lowest BCUT2D eigenvalue weighted by Gasteiger charge is -2.11. The summed E-state index contributed by atoms with van der Waals surface area (Å²) < 4.78 is 0. The predicted molar refractivity (Wildman–Crippen MR) is 125 cm³/mol. The van der Waals surface area contributed by atoms with Crippen molar-refractivity contribution in [3.63, 3.8) is 0 Å². The molecule has 0 spiro atoms. The van der Waals surface area contributed by atoms with E-state index < -0.39 is 0 Å². The van der Waals surface area contributed by atoms with Gasteiger partial charge in [-0.15, -0.1) is 11.3 Å². The number of hydrogen-bond donors (Lipinski definition) is 1. The minimum Gasteiger partial charge on any atom is -0.267 e. The molecule has 2 aromatic heterocycles. The van der Waals surface area contributed by atoms with Gasteiger partial charge in [-0.1, -0.05) is 43.3 Å². The fourth-order valence-corrected chi connectivity index (χ4v) is 4.13. The van der Waals surface area contributed by atoms with Crippen LogP contribution >= 0.6 is 11.3 Å². The Bertz CT molecular complexity index is 1240. The number of aryl methyl sites for hydroxylation is 2. The summed E-state index contributed by atoms with van der Waals surface area (Å²) >= 11 is 1.62. The number of fused-ring (bicyclic) bond motifs is 1. The molecule has 0 bridgehead atoms. The van der Waals surface area contributed by atoms with Crippen molar-refractivity contribution in [1.29, 1.82) is 0 Å². The molecule has 4 nitrogen and oxygen atoms in total. The van der Waals surface area contributed by atoms with E-state index in [9.17, 15) is 4.79 Å². The molecule has 4 rings (SSSR count). The number of benzene rings is 2. The van der Waals surface area contributed by atoms with E-state index >= 15 is 0 Å². The number of carbonyl (C=O) groups is 1. The lowest BCUT2D eigenvalue weighted by Crippen LogP contribution is -2.20. The van der Waals surface area contributed by atoms with E-state index in [-0.39, 0.29) is 5.91 Å². The zero-order chi connectivity index (χ0) is 21.1. The summed E-state index contributed by atoms with van der Waals surface area (Å²) in [4.78, 5) is 19.0. The highest BCUT2D eigenvalue weighted by Crippen LogP contribution is 2.26. The zero-order valence-corrected chi connectivity index (χ0v) is 18.1. The lowest BCUT2D eigenvalue weighted by molar-refractivity contribution is 0.0956. The van der Waals surface area contributed by atoms with E-state index in [2.05, 4.69) is 36.5 Å². The Morgan fingerprint density at radius 2 is 1.87 bits per heavy atom. The Labute approximate surface area is 180 Å². The number of para-hydroxylation sites is 1. The van der Waals surface area contributed by atoms with Gasteiger partial charge >= 0.3 is 0 Å². The number of pyridine rings is 1. The van der Waals surface area contributed by atoms with Crippen LogP contribution in [0.15, 0.2) is 71.1 Å². The number of nitrogens with zero attached hydrogens (tertiary/aromatic N) is 2. The summed E-state index contributed by atoms with van der Waals surface area (Å²) in [7, 11) is 0. The van der Waals surface area contributed by atoms with Crippen LogP contribution in [-0.4, -0.2) is 16.6 Å². The third kappa shape index (κ3) is 4.02. The van der Waals surface area contributed by atoms with E-state index in [1.54, 1.807) is 11.3 Å². The zero-order valence-electron chi connectivity index (χ0n) is 17.3. The Morgan fingerprint density at radius 3 is 2.60 bits per heavy atom. The van der Waals surface area contributed by atoms with Gasteiger partial charge in [-0.05, 0) is 61.0 Å². The molecule has 30 heavy (non-hydrogen) atoms. The molecule has 0 aliphatic rings. The van der Waals surface area contributed by atoms with Gasteiger partial charge in [-0.2, -0.15) is 5.10 Å². The smallest absolute Gasteiger partial charge is 0.267 e. The van der Waals surface area contributed by atoms with Gasteiger partial charge in [0.15, 0.2) is 0 Å². The summed E-state index contributed by atoms with van der Waals surface area (Å²) in [5.74, 6) is -0.235. The van der Waals surface area contributed by atoms with Gasteiger partial charge in [0.05, 0.1) is 27.4 Å². The normalized spacial score (nSPS) is 11.6. The quantitative estimate of drug-likeness (QED) is 0.316. The van der Waals surface area contributed by atoms with E-state index in [1.807, 2.05) is 60.8 Å². The van der Waals surface area contributed by atoms with Crippen LogP contribution in [0.2, 0.25) is 0 Å². The van der Waals surface area contributed by atoms with Gasteiger partial charge in [0.1, 0.15) is 0 Å². The Morgan fingerprint density at radius 1 is 1.03 bits per heavy atom. The Hall–Kier alpha value is -3.31. The molecule has 1 amide bonds. The van der Waals surface area contributed by atoms with Crippen molar-refractivity contribution in [2.75, 3.05) is 0 Å². The van der Waals surface area contributed by atoms with E-state index in [4.69, 9.17) is 4.98 Å². The second-order valence-electron chi connectivity index (χ2n) is 7.20. The molecule has 0 atom stereocenters. The van der Waals surface area contributed by atoms with Crippen molar-refractivity contribution >= 4 is 33.9 Å². The second kappa shape index (κ2) is 8.59. The van der Waals surface area contributed by atoms with Crippen molar-refractivity contribution in [2.24, 2.45) is 5.10 Å². The van der Waals surface area contributed by atoms with E-state index in [0.29, 0.717) is 5.56 Å². The highest BCUT2D eigenvalue weighted by atomic mass is 32.1. The molecule has 150 valence electrons. The maximum atomic E-state index is 13.1. The molecule has 0 saturated heterocycles. The summed E-state index contributed by atoms with van der Waals surface area (Å²) in [5.41, 5.74) is 9.18. The number of hydrogen-bond acceptors (Lipinski definition) is 4. The summed E-state index contributed by atoms with van der Waals surface area (Å²) in [6.07, 6.45) is 0.742. The van der Waals surface area contributed by atoms with Crippen LogP contribution in [0, 0.1) is 13.8 Å².